The van der Waals surface area contributed by atoms with E-state index in [0.717, 1.165) is 10.2 Å². The molecule has 0 saturated heterocycles. The Kier molecular flexibility index (Phi) is 4.14. The molecule has 3 rings (SSSR count). The molecule has 1 aromatic carbocycles. The first kappa shape index (κ1) is 16.1. The Morgan fingerprint density at radius 2 is 2.14 bits per heavy atom. The van der Waals surface area contributed by atoms with Crippen LogP contribution >= 0.6 is 46.1 Å². The highest BCUT2D eigenvalue weighted by Gasteiger charge is 2.60. The van der Waals surface area contributed by atoms with Crippen molar-refractivity contribution < 1.29 is 4.79 Å². The van der Waals surface area contributed by atoms with Gasteiger partial charge in [0.1, 0.15) is 4.49 Å². The van der Waals surface area contributed by atoms with Gasteiger partial charge in [-0.05, 0) is 35.6 Å². The fourth-order valence-electron chi connectivity index (χ4n) is 2.76. The normalized spacial score (nSPS) is 22.4. The molecule has 0 radical (unpaired) electrons. The monoisotopic (exact) mass is 374 g/mol. The molecule has 0 aliphatic heterocycles. The molecule has 1 heterocycles. The first-order valence-corrected chi connectivity index (χ1v) is 8.64. The zero-order valence-corrected chi connectivity index (χ0v) is 14.9. The molecular weight excluding hydrogens is 363 g/mol. The van der Waals surface area contributed by atoms with E-state index in [1.165, 1.54) is 11.3 Å². The Bertz CT molecular complexity index is 780. The van der Waals surface area contributed by atoms with Gasteiger partial charge < -0.3 is 5.32 Å². The number of amides is 1. The SMILES string of the molecule is CC1(C)C(C=C(Cl)Cl)C1C(=O)Nc1nc2ccc(Cl)cc2s1. The minimum absolute atomic E-state index is 0.0429. The number of aromatic nitrogens is 1. The molecule has 116 valence electrons. The highest BCUT2D eigenvalue weighted by molar-refractivity contribution is 7.22. The number of anilines is 1. The summed E-state index contributed by atoms with van der Waals surface area (Å²) < 4.78 is 1.14. The van der Waals surface area contributed by atoms with Crippen LogP contribution in [-0.4, -0.2) is 10.9 Å². The van der Waals surface area contributed by atoms with E-state index in [9.17, 15) is 4.79 Å². The molecule has 3 nitrogen and oxygen atoms in total. The molecule has 2 unspecified atom stereocenters. The summed E-state index contributed by atoms with van der Waals surface area (Å²) in [6.07, 6.45) is 1.73. The molecule has 1 amide bonds. The van der Waals surface area contributed by atoms with E-state index in [0.29, 0.717) is 10.2 Å². The van der Waals surface area contributed by atoms with E-state index < -0.39 is 0 Å². The number of hydrogen-bond donors (Lipinski definition) is 1. The van der Waals surface area contributed by atoms with Crippen LogP contribution in [0.15, 0.2) is 28.8 Å². The first-order valence-electron chi connectivity index (χ1n) is 6.69. The molecule has 1 saturated carbocycles. The van der Waals surface area contributed by atoms with Gasteiger partial charge in [-0.1, -0.05) is 60.0 Å². The van der Waals surface area contributed by atoms with Crippen LogP contribution in [0.5, 0.6) is 0 Å². The van der Waals surface area contributed by atoms with Crippen molar-refractivity contribution in [2.75, 3.05) is 5.32 Å². The molecule has 1 aliphatic carbocycles. The van der Waals surface area contributed by atoms with Crippen LogP contribution in [0.3, 0.4) is 0 Å². The Hall–Kier alpha value is -0.810. The summed E-state index contributed by atoms with van der Waals surface area (Å²) in [6.45, 7) is 4.04. The topological polar surface area (TPSA) is 42.0 Å². The van der Waals surface area contributed by atoms with Gasteiger partial charge in [-0.25, -0.2) is 4.98 Å². The minimum atomic E-state index is -0.157. The van der Waals surface area contributed by atoms with Gasteiger partial charge in [0, 0.05) is 5.02 Å². The maximum absolute atomic E-state index is 12.4. The third kappa shape index (κ3) is 2.98. The van der Waals surface area contributed by atoms with Crippen molar-refractivity contribution >= 4 is 67.4 Å². The average molecular weight is 376 g/mol. The largest absolute Gasteiger partial charge is 0.302 e. The van der Waals surface area contributed by atoms with Crippen LogP contribution in [0, 0.1) is 17.3 Å². The summed E-state index contributed by atoms with van der Waals surface area (Å²) in [7, 11) is 0. The Balaban J connectivity index is 1.78. The van der Waals surface area contributed by atoms with Crippen molar-refractivity contribution in [2.24, 2.45) is 17.3 Å². The summed E-state index contributed by atoms with van der Waals surface area (Å²) in [5, 5.41) is 4.11. The van der Waals surface area contributed by atoms with Gasteiger partial charge in [0.05, 0.1) is 16.1 Å². The molecule has 1 aliphatic rings. The molecule has 1 fully saturated rings. The number of halogens is 3. The van der Waals surface area contributed by atoms with Crippen LogP contribution < -0.4 is 5.32 Å². The first-order chi connectivity index (χ1) is 10.3. The van der Waals surface area contributed by atoms with Gasteiger partial charge in [0.15, 0.2) is 5.13 Å². The zero-order valence-electron chi connectivity index (χ0n) is 11.9. The number of nitrogens with zero attached hydrogens (tertiary/aromatic N) is 1. The standard InChI is InChI=1S/C15H13Cl3N2OS/c1-15(2)8(6-11(17)18)12(15)13(21)20-14-19-9-4-3-7(16)5-10(9)22-14/h3-6,8,12H,1-2H3,(H,19,20,21). The quantitative estimate of drug-likeness (QED) is 0.772. The summed E-state index contributed by atoms with van der Waals surface area (Å²) in [4.78, 5) is 16.8. The molecule has 22 heavy (non-hydrogen) atoms. The summed E-state index contributed by atoms with van der Waals surface area (Å²) in [5.74, 6) is -0.178. The number of carbonyl (C=O) groups excluding carboxylic acids is 1. The lowest BCUT2D eigenvalue weighted by Gasteiger charge is -2.02. The van der Waals surface area contributed by atoms with Crippen LogP contribution in [0.1, 0.15) is 13.8 Å². The van der Waals surface area contributed by atoms with E-state index >= 15 is 0 Å². The number of fused-ring (bicyclic) bond motifs is 1. The average Bonchev–Trinajstić information content (AvgIpc) is 2.76. The van der Waals surface area contributed by atoms with Crippen molar-refractivity contribution in [3.05, 3.63) is 33.8 Å². The zero-order chi connectivity index (χ0) is 16.1. The van der Waals surface area contributed by atoms with Gasteiger partial charge >= 0.3 is 0 Å². The van der Waals surface area contributed by atoms with Gasteiger partial charge in [-0.3, -0.25) is 4.79 Å². The van der Waals surface area contributed by atoms with Gasteiger partial charge in [0.25, 0.3) is 0 Å². The van der Waals surface area contributed by atoms with Gasteiger partial charge in [-0.2, -0.15) is 0 Å². The molecule has 2 atom stereocenters. The molecule has 1 aromatic heterocycles. The highest BCUT2D eigenvalue weighted by atomic mass is 35.5. The second-order valence-electron chi connectivity index (χ2n) is 5.90. The second-order valence-corrected chi connectivity index (χ2v) is 8.38. The predicted octanol–water partition coefficient (Wildman–Crippen LogP) is 5.48. The minimum Gasteiger partial charge on any atom is -0.302 e. The Morgan fingerprint density at radius 1 is 1.41 bits per heavy atom. The number of nitrogens with one attached hydrogen (secondary N) is 1. The van der Waals surface area contributed by atoms with Crippen molar-refractivity contribution in [3.63, 3.8) is 0 Å². The van der Waals surface area contributed by atoms with Crippen LogP contribution in [0.2, 0.25) is 5.02 Å². The van der Waals surface area contributed by atoms with E-state index in [4.69, 9.17) is 34.8 Å². The van der Waals surface area contributed by atoms with E-state index in [2.05, 4.69) is 10.3 Å². The van der Waals surface area contributed by atoms with Crippen molar-refractivity contribution in [1.29, 1.82) is 0 Å². The van der Waals surface area contributed by atoms with E-state index in [-0.39, 0.29) is 27.6 Å². The molecular formula is C15H13Cl3N2OS. The Labute approximate surface area is 147 Å². The third-order valence-corrected chi connectivity index (χ3v) is 5.50. The predicted molar refractivity (Wildman–Crippen MR) is 93.8 cm³/mol. The van der Waals surface area contributed by atoms with Crippen molar-refractivity contribution in [3.8, 4) is 0 Å². The molecule has 0 spiro atoms. The lowest BCUT2D eigenvalue weighted by molar-refractivity contribution is -0.118. The molecule has 1 N–H and O–H groups in total. The number of benzene rings is 1. The van der Waals surface area contributed by atoms with E-state index in [1.54, 1.807) is 12.1 Å². The van der Waals surface area contributed by atoms with Crippen molar-refractivity contribution in [2.45, 2.75) is 13.8 Å². The van der Waals surface area contributed by atoms with Crippen molar-refractivity contribution in [1.82, 2.24) is 4.98 Å². The fourth-order valence-corrected chi connectivity index (χ4v) is 4.18. The third-order valence-electron chi connectivity index (χ3n) is 4.08. The fraction of sp³-hybridized carbons (Fsp3) is 0.333. The maximum atomic E-state index is 12.4. The summed E-state index contributed by atoms with van der Waals surface area (Å²) in [6, 6.07) is 5.45. The van der Waals surface area contributed by atoms with Crippen LogP contribution in [0.4, 0.5) is 5.13 Å². The lowest BCUT2D eigenvalue weighted by atomic mass is 10.1. The number of rotatable bonds is 3. The second kappa shape index (κ2) is 5.68. The number of allylic oxidation sites excluding steroid dienone is 1. The summed E-state index contributed by atoms with van der Waals surface area (Å²) in [5.41, 5.74) is 0.666. The lowest BCUT2D eigenvalue weighted by Crippen LogP contribution is -2.16. The molecule has 0 bridgehead atoms. The van der Waals surface area contributed by atoms with Gasteiger partial charge in [0.2, 0.25) is 5.91 Å². The highest BCUT2D eigenvalue weighted by Crippen LogP contribution is 2.60. The van der Waals surface area contributed by atoms with Gasteiger partial charge in [-0.15, -0.1) is 0 Å². The maximum Gasteiger partial charge on any atom is 0.230 e. The molecule has 2 aromatic rings. The summed E-state index contributed by atoms with van der Waals surface area (Å²) >= 11 is 18.8. The number of thiazole rings is 1. The van der Waals surface area contributed by atoms with E-state index in [1.807, 2.05) is 26.0 Å². The number of hydrogen-bond acceptors (Lipinski definition) is 3. The van der Waals surface area contributed by atoms with Crippen LogP contribution in [-0.2, 0) is 4.79 Å². The number of carbonyl (C=O) groups is 1. The van der Waals surface area contributed by atoms with Crippen LogP contribution in [0.25, 0.3) is 10.2 Å². The molecule has 7 heteroatoms. The Morgan fingerprint density at radius 3 is 2.82 bits per heavy atom. The smallest absolute Gasteiger partial charge is 0.230 e.